The van der Waals surface area contributed by atoms with Crippen LogP contribution in [-0.4, -0.2) is 34.0 Å². The maximum Gasteiger partial charge on any atom is 0.276 e. The molecule has 0 bridgehead atoms. The highest BCUT2D eigenvalue weighted by molar-refractivity contribution is 5.92. The number of amides is 1. The quantitative estimate of drug-likeness (QED) is 0.638. The minimum Gasteiger partial charge on any atom is -0.486 e. The first-order chi connectivity index (χ1) is 13.6. The van der Waals surface area contributed by atoms with Crippen LogP contribution in [0.3, 0.4) is 0 Å². The lowest BCUT2D eigenvalue weighted by Gasteiger charge is -2.15. The van der Waals surface area contributed by atoms with E-state index in [2.05, 4.69) is 24.0 Å². The second-order valence-electron chi connectivity index (χ2n) is 7.86. The molecule has 1 unspecified atom stereocenters. The van der Waals surface area contributed by atoms with Gasteiger partial charge in [-0.25, -0.2) is 0 Å². The molecule has 0 spiro atoms. The second kappa shape index (κ2) is 8.00. The van der Waals surface area contributed by atoms with Gasteiger partial charge in [0.05, 0.1) is 5.52 Å². The highest BCUT2D eigenvalue weighted by Gasteiger charge is 2.29. The Bertz CT molecular complexity index is 966. The summed E-state index contributed by atoms with van der Waals surface area (Å²) in [7, 11) is 0. The molecule has 1 amide bonds. The van der Waals surface area contributed by atoms with Crippen molar-refractivity contribution in [2.75, 3.05) is 13.1 Å². The molecule has 1 aliphatic rings. The largest absolute Gasteiger partial charge is 0.486 e. The van der Waals surface area contributed by atoms with Crippen LogP contribution in [0, 0.1) is 11.8 Å². The summed E-state index contributed by atoms with van der Waals surface area (Å²) < 4.78 is 11.1. The molecule has 1 fully saturated rings. The molecule has 28 heavy (non-hydrogen) atoms. The van der Waals surface area contributed by atoms with Crippen LogP contribution in [0.5, 0.6) is 5.75 Å². The summed E-state index contributed by atoms with van der Waals surface area (Å²) in [6.07, 6.45) is 3.98. The fourth-order valence-corrected chi connectivity index (χ4v) is 3.82. The number of aromatic nitrogens is 2. The molecule has 3 heterocycles. The average Bonchev–Trinajstić information content (AvgIpc) is 3.35. The normalized spacial score (nSPS) is 16.8. The van der Waals surface area contributed by atoms with Gasteiger partial charge in [-0.05, 0) is 48.9 Å². The maximum atomic E-state index is 12.7. The Morgan fingerprint density at radius 2 is 2.21 bits per heavy atom. The molecular formula is C22H25N3O3. The van der Waals surface area contributed by atoms with Gasteiger partial charge in [0, 0.05) is 30.7 Å². The first kappa shape index (κ1) is 18.5. The lowest BCUT2D eigenvalue weighted by Crippen LogP contribution is -2.29. The van der Waals surface area contributed by atoms with E-state index in [-0.39, 0.29) is 12.5 Å². The standard InChI is InChI=1S/C22H25N3O3/c1-15(2)10-16-7-9-25(13-16)22(26)21-12-19(28-24-21)14-27-18-5-6-20-17(11-18)4-3-8-23-20/h3-6,8,11-12,15-16H,7,9-10,13-14H2,1-2H3. The molecule has 6 nitrogen and oxygen atoms in total. The van der Waals surface area contributed by atoms with Gasteiger partial charge in [0.15, 0.2) is 11.5 Å². The molecule has 0 saturated carbocycles. The monoisotopic (exact) mass is 379 g/mol. The number of fused-ring (bicyclic) bond motifs is 1. The third kappa shape index (κ3) is 4.16. The number of hydrogen-bond donors (Lipinski definition) is 0. The van der Waals surface area contributed by atoms with Crippen LogP contribution >= 0.6 is 0 Å². The van der Waals surface area contributed by atoms with Crippen LogP contribution in [0.2, 0.25) is 0 Å². The number of carbonyl (C=O) groups is 1. The van der Waals surface area contributed by atoms with E-state index >= 15 is 0 Å². The summed E-state index contributed by atoms with van der Waals surface area (Å²) in [4.78, 5) is 18.8. The zero-order valence-corrected chi connectivity index (χ0v) is 16.3. The number of likely N-dealkylation sites (tertiary alicyclic amines) is 1. The van der Waals surface area contributed by atoms with Crippen LogP contribution in [0.25, 0.3) is 10.9 Å². The summed E-state index contributed by atoms with van der Waals surface area (Å²) >= 11 is 0. The number of ether oxygens (including phenoxy) is 1. The summed E-state index contributed by atoms with van der Waals surface area (Å²) in [5.74, 6) is 2.44. The van der Waals surface area contributed by atoms with Gasteiger partial charge in [0.25, 0.3) is 5.91 Å². The van der Waals surface area contributed by atoms with Gasteiger partial charge < -0.3 is 14.2 Å². The van der Waals surface area contributed by atoms with E-state index in [1.165, 1.54) is 0 Å². The summed E-state index contributed by atoms with van der Waals surface area (Å²) in [5, 5.41) is 4.97. The minimum atomic E-state index is -0.0574. The summed E-state index contributed by atoms with van der Waals surface area (Å²) in [6.45, 7) is 6.27. The van der Waals surface area contributed by atoms with Gasteiger partial charge in [-0.2, -0.15) is 0 Å². The lowest BCUT2D eigenvalue weighted by molar-refractivity contribution is 0.0775. The molecule has 146 valence electrons. The van der Waals surface area contributed by atoms with E-state index in [1.54, 1.807) is 12.3 Å². The van der Waals surface area contributed by atoms with Gasteiger partial charge in [-0.3, -0.25) is 9.78 Å². The van der Waals surface area contributed by atoms with E-state index in [0.29, 0.717) is 23.3 Å². The molecule has 1 aliphatic heterocycles. The van der Waals surface area contributed by atoms with Crippen LogP contribution < -0.4 is 4.74 Å². The Balaban J connectivity index is 1.35. The zero-order valence-electron chi connectivity index (χ0n) is 16.3. The van der Waals surface area contributed by atoms with Crippen molar-refractivity contribution in [3.63, 3.8) is 0 Å². The van der Waals surface area contributed by atoms with Crippen LogP contribution in [0.4, 0.5) is 0 Å². The van der Waals surface area contributed by atoms with E-state index in [4.69, 9.17) is 9.26 Å². The Labute approximate surface area is 164 Å². The topological polar surface area (TPSA) is 68.5 Å². The van der Waals surface area contributed by atoms with Gasteiger partial charge in [0.1, 0.15) is 12.4 Å². The van der Waals surface area contributed by atoms with Gasteiger partial charge in [-0.15, -0.1) is 0 Å². The van der Waals surface area contributed by atoms with Gasteiger partial charge >= 0.3 is 0 Å². The second-order valence-corrected chi connectivity index (χ2v) is 7.86. The van der Waals surface area contributed by atoms with E-state index in [1.807, 2.05) is 35.2 Å². The van der Waals surface area contributed by atoms with Crippen molar-refractivity contribution < 1.29 is 14.1 Å². The molecule has 1 atom stereocenters. The van der Waals surface area contributed by atoms with Crippen molar-refractivity contribution in [1.82, 2.24) is 15.0 Å². The minimum absolute atomic E-state index is 0.0574. The van der Waals surface area contributed by atoms with Crippen LogP contribution in [0.15, 0.2) is 47.1 Å². The predicted octanol–water partition coefficient (Wildman–Crippen LogP) is 4.31. The van der Waals surface area contributed by atoms with Crippen molar-refractivity contribution in [3.8, 4) is 5.75 Å². The van der Waals surface area contributed by atoms with E-state index in [0.717, 1.165) is 42.6 Å². The molecule has 6 heteroatoms. The highest BCUT2D eigenvalue weighted by atomic mass is 16.5. The molecule has 0 radical (unpaired) electrons. The fourth-order valence-electron chi connectivity index (χ4n) is 3.82. The Morgan fingerprint density at radius 1 is 1.32 bits per heavy atom. The molecular weight excluding hydrogens is 354 g/mol. The molecule has 1 aromatic carbocycles. The smallest absolute Gasteiger partial charge is 0.276 e. The summed E-state index contributed by atoms with van der Waals surface area (Å²) in [5.41, 5.74) is 1.27. The highest BCUT2D eigenvalue weighted by Crippen LogP contribution is 2.25. The van der Waals surface area contributed by atoms with E-state index < -0.39 is 0 Å². The Kier molecular flexibility index (Phi) is 5.28. The fraction of sp³-hybridized carbons (Fsp3) is 0.409. The van der Waals surface area contributed by atoms with Crippen molar-refractivity contribution >= 4 is 16.8 Å². The molecule has 0 aliphatic carbocycles. The zero-order chi connectivity index (χ0) is 19.5. The molecule has 0 N–H and O–H groups in total. The molecule has 2 aromatic heterocycles. The first-order valence-corrected chi connectivity index (χ1v) is 9.81. The van der Waals surface area contributed by atoms with Crippen molar-refractivity contribution in [1.29, 1.82) is 0 Å². The Hall–Kier alpha value is -2.89. The van der Waals surface area contributed by atoms with E-state index in [9.17, 15) is 4.79 Å². The number of benzene rings is 1. The van der Waals surface area contributed by atoms with Crippen LogP contribution in [-0.2, 0) is 6.61 Å². The third-order valence-corrected chi connectivity index (χ3v) is 5.11. The van der Waals surface area contributed by atoms with Gasteiger partial charge in [-0.1, -0.05) is 25.1 Å². The number of carbonyl (C=O) groups excluding carboxylic acids is 1. The van der Waals surface area contributed by atoms with Crippen molar-refractivity contribution in [3.05, 3.63) is 54.0 Å². The molecule has 1 saturated heterocycles. The first-order valence-electron chi connectivity index (χ1n) is 9.81. The molecule has 3 aromatic rings. The van der Waals surface area contributed by atoms with Crippen LogP contribution in [0.1, 0.15) is 42.9 Å². The van der Waals surface area contributed by atoms with Gasteiger partial charge in [0.2, 0.25) is 0 Å². The van der Waals surface area contributed by atoms with Crippen molar-refractivity contribution in [2.45, 2.75) is 33.3 Å². The summed E-state index contributed by atoms with van der Waals surface area (Å²) in [6, 6.07) is 11.3. The molecule has 4 rings (SSSR count). The maximum absolute atomic E-state index is 12.7. The predicted molar refractivity (Wildman–Crippen MR) is 106 cm³/mol. The number of pyridine rings is 1. The number of nitrogens with zero attached hydrogens (tertiary/aromatic N) is 3. The number of rotatable bonds is 6. The SMILES string of the molecule is CC(C)CC1CCN(C(=O)c2cc(COc3ccc4ncccc4c3)on2)C1. The lowest BCUT2D eigenvalue weighted by atomic mass is 9.97. The van der Waals surface area contributed by atoms with Crippen molar-refractivity contribution in [2.24, 2.45) is 11.8 Å². The third-order valence-electron chi connectivity index (χ3n) is 5.11. The number of hydrogen-bond acceptors (Lipinski definition) is 5. The Morgan fingerprint density at radius 3 is 3.07 bits per heavy atom. The average molecular weight is 379 g/mol.